The lowest BCUT2D eigenvalue weighted by Crippen LogP contribution is -2.16. The van der Waals surface area contributed by atoms with Gasteiger partial charge in [0.05, 0.1) is 17.8 Å². The van der Waals surface area contributed by atoms with Crippen molar-refractivity contribution in [3.8, 4) is 5.75 Å². The molecule has 0 aromatic heterocycles. The maximum Gasteiger partial charge on any atom is 0.118 e. The third kappa shape index (κ3) is 4.94. The SMILES string of the molecule is COc1ccc(CCC(C)Nc2cc(Br)ccc2Cl)cc1. The average Bonchev–Trinajstić information content (AvgIpc) is 2.49. The van der Waals surface area contributed by atoms with Crippen LogP contribution in [0.15, 0.2) is 46.9 Å². The molecule has 0 fully saturated rings. The zero-order valence-electron chi connectivity index (χ0n) is 12.2. The van der Waals surface area contributed by atoms with E-state index in [9.17, 15) is 0 Å². The van der Waals surface area contributed by atoms with Gasteiger partial charge in [0.25, 0.3) is 0 Å². The van der Waals surface area contributed by atoms with Crippen LogP contribution in [0, 0.1) is 0 Å². The molecule has 0 saturated carbocycles. The predicted molar refractivity (Wildman–Crippen MR) is 93.6 cm³/mol. The highest BCUT2D eigenvalue weighted by molar-refractivity contribution is 9.10. The van der Waals surface area contributed by atoms with Crippen molar-refractivity contribution in [2.24, 2.45) is 0 Å². The van der Waals surface area contributed by atoms with Gasteiger partial charge in [-0.25, -0.2) is 0 Å². The molecule has 21 heavy (non-hydrogen) atoms. The summed E-state index contributed by atoms with van der Waals surface area (Å²) in [6.45, 7) is 2.17. The van der Waals surface area contributed by atoms with Crippen molar-refractivity contribution in [3.63, 3.8) is 0 Å². The summed E-state index contributed by atoms with van der Waals surface area (Å²) < 4.78 is 6.19. The van der Waals surface area contributed by atoms with Gasteiger partial charge in [-0.15, -0.1) is 0 Å². The van der Waals surface area contributed by atoms with Crippen LogP contribution < -0.4 is 10.1 Å². The van der Waals surface area contributed by atoms with Gasteiger partial charge in [-0.05, 0) is 55.7 Å². The number of anilines is 1. The van der Waals surface area contributed by atoms with E-state index < -0.39 is 0 Å². The van der Waals surface area contributed by atoms with Crippen molar-refractivity contribution in [3.05, 3.63) is 57.5 Å². The first-order chi connectivity index (χ1) is 10.1. The molecule has 1 N–H and O–H groups in total. The largest absolute Gasteiger partial charge is 0.497 e. The van der Waals surface area contributed by atoms with Gasteiger partial charge in [-0.1, -0.05) is 39.7 Å². The maximum absolute atomic E-state index is 6.19. The molecular weight excluding hydrogens is 350 g/mol. The third-order valence-corrected chi connectivity index (χ3v) is 4.18. The minimum absolute atomic E-state index is 0.346. The van der Waals surface area contributed by atoms with E-state index in [1.807, 2.05) is 30.3 Å². The van der Waals surface area contributed by atoms with Crippen molar-refractivity contribution >= 4 is 33.2 Å². The Kier molecular flexibility index (Phi) is 5.95. The number of halogens is 2. The van der Waals surface area contributed by atoms with Crippen LogP contribution in [0.3, 0.4) is 0 Å². The minimum Gasteiger partial charge on any atom is -0.497 e. The van der Waals surface area contributed by atoms with Gasteiger partial charge in [-0.3, -0.25) is 0 Å². The Hall–Kier alpha value is -1.19. The Morgan fingerprint density at radius 2 is 1.90 bits per heavy atom. The molecule has 1 atom stereocenters. The van der Waals surface area contributed by atoms with Gasteiger partial charge in [0.2, 0.25) is 0 Å². The molecule has 0 aliphatic carbocycles. The highest BCUT2D eigenvalue weighted by atomic mass is 79.9. The highest BCUT2D eigenvalue weighted by Gasteiger charge is 2.06. The number of rotatable bonds is 6. The summed E-state index contributed by atoms with van der Waals surface area (Å²) in [4.78, 5) is 0. The van der Waals surface area contributed by atoms with Crippen molar-refractivity contribution in [2.75, 3.05) is 12.4 Å². The van der Waals surface area contributed by atoms with E-state index in [-0.39, 0.29) is 0 Å². The molecule has 2 rings (SSSR count). The van der Waals surface area contributed by atoms with Crippen LogP contribution in [0.2, 0.25) is 5.02 Å². The molecule has 2 aromatic rings. The second-order valence-electron chi connectivity index (χ2n) is 5.06. The number of nitrogens with one attached hydrogen (secondary N) is 1. The van der Waals surface area contributed by atoms with Gasteiger partial charge in [0.1, 0.15) is 5.75 Å². The average molecular weight is 369 g/mol. The van der Waals surface area contributed by atoms with Crippen molar-refractivity contribution < 1.29 is 4.74 Å². The quantitative estimate of drug-likeness (QED) is 0.722. The molecule has 4 heteroatoms. The molecule has 112 valence electrons. The molecule has 0 heterocycles. The molecule has 2 aromatic carbocycles. The molecule has 0 spiro atoms. The van der Waals surface area contributed by atoms with E-state index in [1.165, 1.54) is 5.56 Å². The molecule has 0 bridgehead atoms. The van der Waals surface area contributed by atoms with E-state index in [2.05, 4.69) is 40.3 Å². The van der Waals surface area contributed by atoms with Crippen LogP contribution >= 0.6 is 27.5 Å². The summed E-state index contributed by atoms with van der Waals surface area (Å²) in [6, 6.07) is 14.4. The van der Waals surface area contributed by atoms with Crippen LogP contribution in [-0.2, 0) is 6.42 Å². The van der Waals surface area contributed by atoms with Crippen molar-refractivity contribution in [1.82, 2.24) is 0 Å². The van der Waals surface area contributed by atoms with Crippen LogP contribution in [0.5, 0.6) is 5.75 Å². The Labute approximate surface area is 139 Å². The lowest BCUT2D eigenvalue weighted by atomic mass is 10.1. The Bertz CT molecular complexity index is 586. The summed E-state index contributed by atoms with van der Waals surface area (Å²) in [5, 5.41) is 4.20. The van der Waals surface area contributed by atoms with E-state index in [1.54, 1.807) is 7.11 Å². The van der Waals surface area contributed by atoms with Crippen molar-refractivity contribution in [1.29, 1.82) is 0 Å². The number of ether oxygens (including phenoxy) is 1. The minimum atomic E-state index is 0.346. The van der Waals surface area contributed by atoms with Gasteiger partial charge < -0.3 is 10.1 Å². The summed E-state index contributed by atoms with van der Waals surface area (Å²) in [5.74, 6) is 0.894. The topological polar surface area (TPSA) is 21.3 Å². The fourth-order valence-corrected chi connectivity index (χ4v) is 2.65. The molecule has 0 aliphatic heterocycles. The first-order valence-electron chi connectivity index (χ1n) is 6.93. The Morgan fingerprint density at radius 1 is 1.19 bits per heavy atom. The van der Waals surface area contributed by atoms with E-state index in [0.717, 1.165) is 33.8 Å². The van der Waals surface area contributed by atoms with Gasteiger partial charge >= 0.3 is 0 Å². The summed E-state index contributed by atoms with van der Waals surface area (Å²) in [5.41, 5.74) is 2.28. The molecule has 0 radical (unpaired) electrons. The molecule has 0 amide bonds. The number of aryl methyl sites for hydroxylation is 1. The predicted octanol–water partition coefficient (Wildman–Crippen LogP) is 5.54. The zero-order chi connectivity index (χ0) is 15.2. The first-order valence-corrected chi connectivity index (χ1v) is 8.10. The van der Waals surface area contributed by atoms with Crippen LogP contribution in [-0.4, -0.2) is 13.2 Å². The second-order valence-corrected chi connectivity index (χ2v) is 6.38. The summed E-state index contributed by atoms with van der Waals surface area (Å²) >= 11 is 9.66. The maximum atomic E-state index is 6.19. The lowest BCUT2D eigenvalue weighted by molar-refractivity contribution is 0.414. The van der Waals surface area contributed by atoms with Crippen LogP contribution in [0.25, 0.3) is 0 Å². The van der Waals surface area contributed by atoms with Gasteiger partial charge in [0.15, 0.2) is 0 Å². The standard InChI is InChI=1S/C17H19BrClNO/c1-12(20-17-11-14(18)7-10-16(17)19)3-4-13-5-8-15(21-2)9-6-13/h5-12,20H,3-4H2,1-2H3. The van der Waals surface area contributed by atoms with E-state index in [4.69, 9.17) is 16.3 Å². The van der Waals surface area contributed by atoms with Crippen LogP contribution in [0.1, 0.15) is 18.9 Å². The summed E-state index contributed by atoms with van der Waals surface area (Å²) in [7, 11) is 1.68. The Morgan fingerprint density at radius 3 is 2.57 bits per heavy atom. The number of methoxy groups -OCH3 is 1. The lowest BCUT2D eigenvalue weighted by Gasteiger charge is -2.16. The smallest absolute Gasteiger partial charge is 0.118 e. The first kappa shape index (κ1) is 16.2. The normalized spacial score (nSPS) is 12.0. The number of hydrogen-bond donors (Lipinski definition) is 1. The summed E-state index contributed by atoms with van der Waals surface area (Å²) in [6.07, 6.45) is 2.05. The fourth-order valence-electron chi connectivity index (χ4n) is 2.12. The molecule has 0 saturated heterocycles. The van der Waals surface area contributed by atoms with Crippen molar-refractivity contribution in [2.45, 2.75) is 25.8 Å². The fraction of sp³-hybridized carbons (Fsp3) is 0.294. The monoisotopic (exact) mass is 367 g/mol. The molecule has 2 nitrogen and oxygen atoms in total. The van der Waals surface area contributed by atoms with Crippen LogP contribution in [0.4, 0.5) is 5.69 Å². The van der Waals surface area contributed by atoms with Gasteiger partial charge in [0, 0.05) is 10.5 Å². The molecule has 1 unspecified atom stereocenters. The van der Waals surface area contributed by atoms with E-state index in [0.29, 0.717) is 6.04 Å². The number of benzene rings is 2. The highest BCUT2D eigenvalue weighted by Crippen LogP contribution is 2.26. The Balaban J connectivity index is 1.89. The zero-order valence-corrected chi connectivity index (χ0v) is 14.5. The molecule has 0 aliphatic rings. The van der Waals surface area contributed by atoms with E-state index >= 15 is 0 Å². The molecular formula is C17H19BrClNO. The number of hydrogen-bond acceptors (Lipinski definition) is 2. The van der Waals surface area contributed by atoms with Gasteiger partial charge in [-0.2, -0.15) is 0 Å². The third-order valence-electron chi connectivity index (χ3n) is 3.36. The second kappa shape index (κ2) is 7.71.